The van der Waals surface area contributed by atoms with Crippen molar-refractivity contribution in [1.82, 2.24) is 0 Å². The van der Waals surface area contributed by atoms with Crippen LogP contribution in [0.15, 0.2) is 24.3 Å². The molecule has 0 atom stereocenters. The van der Waals surface area contributed by atoms with E-state index in [0.29, 0.717) is 24.3 Å². The van der Waals surface area contributed by atoms with E-state index in [2.05, 4.69) is 11.7 Å². The third-order valence-electron chi connectivity index (χ3n) is 0.737. The van der Waals surface area contributed by atoms with E-state index in [1.807, 2.05) is 0 Å². The Balaban J connectivity index is -0.000000219. The van der Waals surface area contributed by atoms with E-state index in [0.717, 1.165) is 0 Å². The molecule has 102 valence electrons. The Kier molecular flexibility index (Phi) is 16.4. The number of carbonyl (C=O) groups is 4. The van der Waals surface area contributed by atoms with Gasteiger partial charge in [-0.25, -0.2) is 19.2 Å². The van der Waals surface area contributed by atoms with Crippen LogP contribution in [0.5, 0.6) is 0 Å². The molecule has 0 aromatic carbocycles. The quantitative estimate of drug-likeness (QED) is 0.192. The van der Waals surface area contributed by atoms with Gasteiger partial charge in [-0.2, -0.15) is 0 Å². The van der Waals surface area contributed by atoms with Crippen LogP contribution >= 0.6 is 0 Å². The van der Waals surface area contributed by atoms with Gasteiger partial charge in [-0.05, 0) is 0 Å². The second-order valence-corrected chi connectivity index (χ2v) is 2.02. The largest absolute Gasteiger partial charge is 0.478 e. The summed E-state index contributed by atoms with van der Waals surface area (Å²) in [6.45, 7) is 0. The second kappa shape index (κ2) is 14.3. The lowest BCUT2D eigenvalue weighted by molar-refractivity contribution is -0.134. The van der Waals surface area contributed by atoms with Gasteiger partial charge in [-0.1, -0.05) is 0 Å². The number of carboxylic acids is 4. The molecule has 0 radical (unpaired) electrons. The van der Waals surface area contributed by atoms with E-state index in [4.69, 9.17) is 20.4 Å². The molecule has 0 aliphatic rings. The van der Waals surface area contributed by atoms with Crippen LogP contribution in [0, 0.1) is 0 Å². The maximum Gasteiger partial charge on any atom is 0.328 e. The third kappa shape index (κ3) is 37.8. The molecule has 8 N–H and O–H groups in total. The van der Waals surface area contributed by atoms with E-state index < -0.39 is 23.9 Å². The Morgan fingerprint density at radius 3 is 0.722 bits per heavy atom. The summed E-state index contributed by atoms with van der Waals surface area (Å²) in [5.74, 6) is 2.97. The van der Waals surface area contributed by atoms with Crippen LogP contribution in [-0.2, 0) is 19.2 Å². The van der Waals surface area contributed by atoms with Gasteiger partial charge in [0.2, 0.25) is 0 Å². The molecule has 0 aliphatic heterocycles. The summed E-state index contributed by atoms with van der Waals surface area (Å²) in [5.41, 5.74) is 0. The first-order valence-corrected chi connectivity index (χ1v) is 3.87. The fraction of sp³-hybridized carbons (Fsp3) is 0. The number of hydrogen-bond donors (Lipinski definition) is 6. The van der Waals surface area contributed by atoms with Crippen molar-refractivity contribution in [2.24, 2.45) is 11.7 Å². The van der Waals surface area contributed by atoms with Gasteiger partial charge in [0.05, 0.1) is 0 Å². The smallest absolute Gasteiger partial charge is 0.328 e. The molecule has 10 heteroatoms. The number of hydrogen-bond acceptors (Lipinski definition) is 6. The number of rotatable bonds is 4. The van der Waals surface area contributed by atoms with Gasteiger partial charge in [-0.3, -0.25) is 11.7 Å². The molecule has 0 saturated carbocycles. The van der Waals surface area contributed by atoms with Gasteiger partial charge in [0.15, 0.2) is 0 Å². The number of hydrazine groups is 1. The summed E-state index contributed by atoms with van der Waals surface area (Å²) < 4.78 is 0. The highest BCUT2D eigenvalue weighted by atomic mass is 16.4. The van der Waals surface area contributed by atoms with Crippen LogP contribution in [-0.4, -0.2) is 44.3 Å². The lowest BCUT2D eigenvalue weighted by Gasteiger charge is -1.74. The molecule has 0 bridgehead atoms. The first-order chi connectivity index (χ1) is 8.25. The maximum absolute atomic E-state index is 9.55. The van der Waals surface area contributed by atoms with Crippen LogP contribution in [0.4, 0.5) is 0 Å². The predicted molar refractivity (Wildman–Crippen MR) is 57.2 cm³/mol. The summed E-state index contributed by atoms with van der Waals surface area (Å²) in [5, 5.41) is 31.2. The molecule has 18 heavy (non-hydrogen) atoms. The van der Waals surface area contributed by atoms with Crippen molar-refractivity contribution in [3.05, 3.63) is 24.3 Å². The fourth-order valence-corrected chi connectivity index (χ4v) is 0.285. The maximum atomic E-state index is 9.55. The predicted octanol–water partition coefficient (Wildman–Crippen LogP) is -1.76. The van der Waals surface area contributed by atoms with E-state index >= 15 is 0 Å². The van der Waals surface area contributed by atoms with E-state index in [9.17, 15) is 19.2 Å². The van der Waals surface area contributed by atoms with Crippen molar-refractivity contribution in [2.45, 2.75) is 0 Å². The normalized spacial score (nSPS) is 8.78. The minimum Gasteiger partial charge on any atom is -0.478 e. The Bertz CT molecular complexity index is 281. The average Bonchev–Trinajstić information content (AvgIpc) is 2.27. The minimum atomic E-state index is -1.26. The lowest BCUT2D eigenvalue weighted by Crippen LogP contribution is -2.02. The van der Waals surface area contributed by atoms with Crippen molar-refractivity contribution in [2.75, 3.05) is 0 Å². The summed E-state index contributed by atoms with van der Waals surface area (Å²) in [4.78, 5) is 38.2. The molecule has 0 amide bonds. The fourth-order valence-electron chi connectivity index (χ4n) is 0.285. The van der Waals surface area contributed by atoms with Crippen LogP contribution in [0.1, 0.15) is 0 Å². The number of nitrogens with two attached hydrogens (primary N) is 2. The first-order valence-electron chi connectivity index (χ1n) is 3.87. The van der Waals surface area contributed by atoms with Crippen molar-refractivity contribution in [1.29, 1.82) is 0 Å². The van der Waals surface area contributed by atoms with Gasteiger partial charge < -0.3 is 20.4 Å². The molecule has 0 spiro atoms. The molecule has 0 fully saturated rings. The van der Waals surface area contributed by atoms with Crippen LogP contribution in [0.25, 0.3) is 0 Å². The number of aliphatic carboxylic acids is 4. The Labute approximate surface area is 100 Å². The highest BCUT2D eigenvalue weighted by Gasteiger charge is 1.88. The van der Waals surface area contributed by atoms with E-state index in [-0.39, 0.29) is 0 Å². The van der Waals surface area contributed by atoms with Crippen LogP contribution in [0.3, 0.4) is 0 Å². The molecular formula is C8H12N2O8. The Hall–Kier alpha value is -2.72. The summed E-state index contributed by atoms with van der Waals surface area (Å²) in [6, 6.07) is 0. The molecule has 10 nitrogen and oxygen atoms in total. The molecule has 0 saturated heterocycles. The minimum absolute atomic E-state index is 0.558. The van der Waals surface area contributed by atoms with Crippen molar-refractivity contribution >= 4 is 23.9 Å². The van der Waals surface area contributed by atoms with Gasteiger partial charge in [-0.15, -0.1) is 0 Å². The summed E-state index contributed by atoms with van der Waals surface area (Å²) >= 11 is 0. The standard InChI is InChI=1S/2C4H4O4.H4N2/c2*5-3(6)1-2-4(7)8;1-2/h2*1-2H,(H,5,6)(H,7,8);1-2H2/b2*2-1+;. The zero-order chi connectivity index (χ0) is 15.1. The van der Waals surface area contributed by atoms with Crippen LogP contribution < -0.4 is 11.7 Å². The zero-order valence-corrected chi connectivity index (χ0v) is 8.89. The monoisotopic (exact) mass is 264 g/mol. The summed E-state index contributed by atoms with van der Waals surface area (Å²) in [7, 11) is 0. The van der Waals surface area contributed by atoms with Gasteiger partial charge >= 0.3 is 23.9 Å². The molecule has 0 aromatic rings. The van der Waals surface area contributed by atoms with Gasteiger partial charge in [0.1, 0.15) is 0 Å². The second-order valence-electron chi connectivity index (χ2n) is 2.02. The third-order valence-corrected chi connectivity index (χ3v) is 0.737. The van der Waals surface area contributed by atoms with Crippen molar-refractivity contribution in [3.8, 4) is 0 Å². The molecular weight excluding hydrogens is 252 g/mol. The average molecular weight is 264 g/mol. The van der Waals surface area contributed by atoms with Crippen molar-refractivity contribution < 1.29 is 39.6 Å². The molecule has 0 aromatic heterocycles. The van der Waals surface area contributed by atoms with Crippen molar-refractivity contribution in [3.63, 3.8) is 0 Å². The van der Waals surface area contributed by atoms with E-state index in [1.165, 1.54) is 0 Å². The molecule has 0 rings (SSSR count). The first kappa shape index (κ1) is 20.7. The highest BCUT2D eigenvalue weighted by molar-refractivity contribution is 5.90. The Morgan fingerprint density at radius 2 is 0.667 bits per heavy atom. The molecule has 0 aliphatic carbocycles. The lowest BCUT2D eigenvalue weighted by atomic mass is 10.5. The SMILES string of the molecule is NN.O=C(O)/C=C/C(=O)O.O=C(O)/C=C/C(=O)O. The van der Waals surface area contributed by atoms with Crippen LogP contribution in [0.2, 0.25) is 0 Å². The molecule has 0 heterocycles. The zero-order valence-electron chi connectivity index (χ0n) is 8.89. The van der Waals surface area contributed by atoms with Gasteiger partial charge in [0, 0.05) is 24.3 Å². The highest BCUT2D eigenvalue weighted by Crippen LogP contribution is 1.71. The summed E-state index contributed by atoms with van der Waals surface area (Å²) in [6.07, 6.45) is 2.23. The van der Waals surface area contributed by atoms with E-state index in [1.54, 1.807) is 0 Å². The Morgan fingerprint density at radius 1 is 0.556 bits per heavy atom. The molecule has 0 unspecified atom stereocenters. The topological polar surface area (TPSA) is 201 Å². The number of carboxylic acid groups (broad SMARTS) is 4. The van der Waals surface area contributed by atoms with Gasteiger partial charge in [0.25, 0.3) is 0 Å².